The van der Waals surface area contributed by atoms with Crippen LogP contribution in [0.4, 0.5) is 5.00 Å². The van der Waals surface area contributed by atoms with E-state index in [2.05, 4.69) is 10.6 Å². The minimum Gasteiger partial charge on any atom is -0.481 e. The van der Waals surface area contributed by atoms with Gasteiger partial charge in [-0.15, -0.1) is 11.3 Å². The fourth-order valence-corrected chi connectivity index (χ4v) is 5.72. The van der Waals surface area contributed by atoms with E-state index in [0.29, 0.717) is 29.2 Å². The normalized spacial score (nSPS) is 20.5. The number of fused-ring (bicyclic) bond motifs is 1. The zero-order chi connectivity index (χ0) is 22.1. The lowest BCUT2D eigenvalue weighted by Gasteiger charge is -2.29. The molecule has 2 heterocycles. The molecule has 0 aliphatic heterocycles. The zero-order valence-corrected chi connectivity index (χ0v) is 18.4. The maximum Gasteiger partial charge on any atom is 0.307 e. The highest BCUT2D eigenvalue weighted by Gasteiger charge is 2.38. The van der Waals surface area contributed by atoms with Gasteiger partial charge in [0.1, 0.15) is 10.8 Å². The Morgan fingerprint density at radius 3 is 2.58 bits per heavy atom. The number of anilines is 1. The van der Waals surface area contributed by atoms with Crippen molar-refractivity contribution in [1.29, 1.82) is 0 Å². The Hall–Kier alpha value is -2.87. The van der Waals surface area contributed by atoms with E-state index in [1.165, 1.54) is 11.3 Å². The van der Waals surface area contributed by atoms with Crippen molar-refractivity contribution in [3.63, 3.8) is 0 Å². The number of aryl methyl sites for hydroxylation is 1. The SMILES string of the molecule is CC1=C(C)C[C@@H](C(=O)O)[C@@H](C(=O)Nc2sc3c(c2C(=O)NCc2ccco2)CCC3)C1. The number of carboxylic acids is 1. The molecule has 3 N–H and O–H groups in total. The average Bonchev–Trinajstić information content (AvgIpc) is 3.45. The first-order valence-electron chi connectivity index (χ1n) is 10.5. The second-order valence-corrected chi connectivity index (χ2v) is 9.44. The molecule has 7 nitrogen and oxygen atoms in total. The molecule has 2 aromatic rings. The number of carboxylic acid groups (broad SMARTS) is 1. The third-order valence-corrected chi connectivity index (χ3v) is 7.52. The molecule has 164 valence electrons. The summed E-state index contributed by atoms with van der Waals surface area (Å²) in [6.07, 6.45) is 5.01. The van der Waals surface area contributed by atoms with Gasteiger partial charge in [0.15, 0.2) is 0 Å². The van der Waals surface area contributed by atoms with Gasteiger partial charge in [-0.3, -0.25) is 14.4 Å². The standard InChI is InChI=1S/C23H26N2O5S/c1-12-9-16(17(23(28)29)10-13(12)2)20(26)25-22-19(15-6-3-7-18(15)31-22)21(27)24-11-14-5-4-8-30-14/h4-5,8,16-17H,3,6-7,9-11H2,1-2H3,(H,24,27)(H,25,26)(H,28,29)/t16-,17+/m0/s1. The van der Waals surface area contributed by atoms with Crippen LogP contribution in [-0.2, 0) is 29.0 Å². The van der Waals surface area contributed by atoms with E-state index < -0.39 is 17.8 Å². The molecule has 4 rings (SSSR count). The Bertz CT molecular complexity index is 1050. The van der Waals surface area contributed by atoms with E-state index >= 15 is 0 Å². The molecule has 0 radical (unpaired) electrons. The summed E-state index contributed by atoms with van der Waals surface area (Å²) in [5.74, 6) is -2.31. The van der Waals surface area contributed by atoms with Gasteiger partial charge < -0.3 is 20.2 Å². The van der Waals surface area contributed by atoms with Gasteiger partial charge in [-0.2, -0.15) is 0 Å². The highest BCUT2D eigenvalue weighted by Crippen LogP contribution is 2.41. The number of thiophene rings is 1. The lowest BCUT2D eigenvalue weighted by molar-refractivity contribution is -0.146. The Morgan fingerprint density at radius 2 is 1.90 bits per heavy atom. The molecule has 31 heavy (non-hydrogen) atoms. The monoisotopic (exact) mass is 442 g/mol. The molecule has 0 saturated carbocycles. The second kappa shape index (κ2) is 8.70. The largest absolute Gasteiger partial charge is 0.481 e. The number of hydrogen-bond donors (Lipinski definition) is 3. The van der Waals surface area contributed by atoms with E-state index in [1.807, 2.05) is 13.8 Å². The van der Waals surface area contributed by atoms with Gasteiger partial charge in [-0.05, 0) is 63.6 Å². The predicted molar refractivity (Wildman–Crippen MR) is 117 cm³/mol. The summed E-state index contributed by atoms with van der Waals surface area (Å²) < 4.78 is 5.28. The molecular weight excluding hydrogens is 416 g/mol. The van der Waals surface area contributed by atoms with Gasteiger partial charge >= 0.3 is 5.97 Å². The molecule has 0 unspecified atom stereocenters. The van der Waals surface area contributed by atoms with Crippen molar-refractivity contribution < 1.29 is 23.9 Å². The quantitative estimate of drug-likeness (QED) is 0.583. The van der Waals surface area contributed by atoms with Crippen molar-refractivity contribution in [3.8, 4) is 0 Å². The molecule has 2 aromatic heterocycles. The van der Waals surface area contributed by atoms with Crippen molar-refractivity contribution in [1.82, 2.24) is 5.32 Å². The molecular formula is C23H26N2O5S. The van der Waals surface area contributed by atoms with Crippen LogP contribution < -0.4 is 10.6 Å². The van der Waals surface area contributed by atoms with Crippen LogP contribution >= 0.6 is 11.3 Å². The molecule has 2 atom stereocenters. The maximum atomic E-state index is 13.1. The van der Waals surface area contributed by atoms with Crippen LogP contribution in [0, 0.1) is 11.8 Å². The van der Waals surface area contributed by atoms with Crippen LogP contribution in [0.1, 0.15) is 59.7 Å². The summed E-state index contributed by atoms with van der Waals surface area (Å²) in [6, 6.07) is 3.55. The minimum absolute atomic E-state index is 0.253. The number of amides is 2. The molecule has 0 saturated heterocycles. The van der Waals surface area contributed by atoms with E-state index in [1.54, 1.807) is 18.4 Å². The predicted octanol–water partition coefficient (Wildman–Crippen LogP) is 4.15. The molecule has 2 amide bonds. The van der Waals surface area contributed by atoms with Crippen molar-refractivity contribution in [2.45, 2.75) is 52.5 Å². The Kier molecular flexibility index (Phi) is 6.00. The third kappa shape index (κ3) is 4.30. The molecule has 0 fully saturated rings. The summed E-state index contributed by atoms with van der Waals surface area (Å²) in [5.41, 5.74) is 3.58. The number of rotatable bonds is 6. The van der Waals surface area contributed by atoms with Gasteiger partial charge in [-0.1, -0.05) is 11.1 Å². The molecule has 2 aliphatic rings. The van der Waals surface area contributed by atoms with E-state index in [0.717, 1.165) is 40.8 Å². The van der Waals surface area contributed by atoms with Gasteiger partial charge in [0, 0.05) is 4.88 Å². The van der Waals surface area contributed by atoms with Gasteiger partial charge in [0.05, 0.1) is 30.2 Å². The van der Waals surface area contributed by atoms with Gasteiger partial charge in [0.2, 0.25) is 5.91 Å². The average molecular weight is 443 g/mol. The van der Waals surface area contributed by atoms with Crippen LogP contribution in [0.15, 0.2) is 34.0 Å². The second-order valence-electron chi connectivity index (χ2n) is 8.33. The van der Waals surface area contributed by atoms with E-state index in [9.17, 15) is 19.5 Å². The van der Waals surface area contributed by atoms with Gasteiger partial charge in [0.25, 0.3) is 5.91 Å². The Morgan fingerprint density at radius 1 is 1.16 bits per heavy atom. The van der Waals surface area contributed by atoms with Crippen molar-refractivity contribution in [2.24, 2.45) is 11.8 Å². The highest BCUT2D eigenvalue weighted by molar-refractivity contribution is 7.17. The molecule has 0 bridgehead atoms. The number of nitrogens with one attached hydrogen (secondary N) is 2. The lowest BCUT2D eigenvalue weighted by atomic mass is 9.76. The van der Waals surface area contributed by atoms with Crippen LogP contribution in [0.25, 0.3) is 0 Å². The van der Waals surface area contributed by atoms with Crippen molar-refractivity contribution >= 4 is 34.1 Å². The number of carbonyl (C=O) groups excluding carboxylic acids is 2. The fraction of sp³-hybridized carbons (Fsp3) is 0.435. The number of allylic oxidation sites excluding steroid dienone is 2. The van der Waals surface area contributed by atoms with Crippen LogP contribution in [0.3, 0.4) is 0 Å². The van der Waals surface area contributed by atoms with E-state index in [4.69, 9.17) is 4.42 Å². The topological polar surface area (TPSA) is 109 Å². The number of hydrogen-bond acceptors (Lipinski definition) is 5. The molecule has 0 spiro atoms. The van der Waals surface area contributed by atoms with Crippen LogP contribution in [0.2, 0.25) is 0 Å². The highest BCUT2D eigenvalue weighted by atomic mass is 32.1. The Balaban J connectivity index is 1.56. The lowest BCUT2D eigenvalue weighted by Crippen LogP contribution is -2.36. The smallest absolute Gasteiger partial charge is 0.307 e. The first-order chi connectivity index (χ1) is 14.8. The summed E-state index contributed by atoms with van der Waals surface area (Å²) >= 11 is 1.43. The first kappa shape index (κ1) is 21.4. The van der Waals surface area contributed by atoms with Crippen molar-refractivity contribution in [3.05, 3.63) is 51.3 Å². The van der Waals surface area contributed by atoms with E-state index in [-0.39, 0.29) is 18.4 Å². The van der Waals surface area contributed by atoms with Gasteiger partial charge in [-0.25, -0.2) is 0 Å². The molecule has 8 heteroatoms. The number of aliphatic carboxylic acids is 1. The Labute approximate surface area is 184 Å². The fourth-order valence-electron chi connectivity index (χ4n) is 4.43. The molecule has 0 aromatic carbocycles. The zero-order valence-electron chi connectivity index (χ0n) is 17.6. The molecule has 2 aliphatic carbocycles. The summed E-state index contributed by atoms with van der Waals surface area (Å²) in [6.45, 7) is 4.13. The first-order valence-corrected chi connectivity index (χ1v) is 11.3. The number of carbonyl (C=O) groups is 3. The van der Waals surface area contributed by atoms with Crippen LogP contribution in [0.5, 0.6) is 0 Å². The summed E-state index contributed by atoms with van der Waals surface area (Å²) in [5, 5.41) is 16.0. The van der Waals surface area contributed by atoms with Crippen molar-refractivity contribution in [2.75, 3.05) is 5.32 Å². The third-order valence-electron chi connectivity index (χ3n) is 6.31. The minimum atomic E-state index is -0.961. The summed E-state index contributed by atoms with van der Waals surface area (Å²) in [7, 11) is 0. The number of furan rings is 1. The summed E-state index contributed by atoms with van der Waals surface area (Å²) in [4.78, 5) is 39.1. The maximum absolute atomic E-state index is 13.1. The van der Waals surface area contributed by atoms with Crippen LogP contribution in [-0.4, -0.2) is 22.9 Å².